The quantitative estimate of drug-likeness (QED) is 0.317. The average molecular weight is 277 g/mol. The first-order chi connectivity index (χ1) is 7.55. The van der Waals surface area contributed by atoms with Crippen LogP contribution in [0.25, 0.3) is 0 Å². The van der Waals surface area contributed by atoms with Gasteiger partial charge in [-0.05, 0) is 30.7 Å². The summed E-state index contributed by atoms with van der Waals surface area (Å²) in [6.07, 6.45) is 0. The van der Waals surface area contributed by atoms with Crippen LogP contribution in [0.4, 0.5) is 5.69 Å². The van der Waals surface area contributed by atoms with Crippen molar-refractivity contribution in [2.24, 2.45) is 4.99 Å². The van der Waals surface area contributed by atoms with Gasteiger partial charge in [-0.25, -0.2) is 0 Å². The molecule has 0 N–H and O–H groups in total. The smallest absolute Gasteiger partial charge is 0.691 e. The number of rotatable bonds is 3. The molecule has 4 nitrogen and oxygen atoms in total. The zero-order chi connectivity index (χ0) is 11.8. The van der Waals surface area contributed by atoms with Gasteiger partial charge in [-0.3, -0.25) is 10.0 Å². The van der Waals surface area contributed by atoms with E-state index in [1.807, 2.05) is 25.1 Å². The standard InChI is InChI=1S/C11H13NO3S.K/c1-7-11(2,3)9-6-8(16-15-14-13)4-5-10(9)12-7;/h4-6,13H,1-3H3;/q;+1/p-1. The molecular weight excluding hydrogens is 265 g/mol. The molecular formula is C11H12KNO3S. The molecule has 2 rings (SSSR count). The van der Waals surface area contributed by atoms with E-state index in [0.717, 1.165) is 33.9 Å². The predicted molar refractivity (Wildman–Crippen MR) is 60.3 cm³/mol. The van der Waals surface area contributed by atoms with Crippen LogP contribution in [-0.4, -0.2) is 5.71 Å². The second-order valence-corrected chi connectivity index (χ2v) is 4.99. The van der Waals surface area contributed by atoms with Crippen LogP contribution in [0.15, 0.2) is 28.1 Å². The fourth-order valence-corrected chi connectivity index (χ4v) is 2.13. The fraction of sp³-hybridized carbons (Fsp3) is 0.364. The summed E-state index contributed by atoms with van der Waals surface area (Å²) in [5, 5.41) is 13.1. The molecule has 0 saturated carbocycles. The molecule has 0 saturated heterocycles. The largest absolute Gasteiger partial charge is 1.00 e. The minimum Gasteiger partial charge on any atom is -0.691 e. The monoisotopic (exact) mass is 277 g/mol. The number of hydrogen-bond acceptors (Lipinski definition) is 5. The van der Waals surface area contributed by atoms with Crippen LogP contribution >= 0.6 is 12.0 Å². The predicted octanol–water partition coefficient (Wildman–Crippen LogP) is -0.695. The normalized spacial score (nSPS) is 16.1. The Hall–Kier alpha value is 0.756. The van der Waals surface area contributed by atoms with E-state index in [1.54, 1.807) is 0 Å². The first-order valence-electron chi connectivity index (χ1n) is 4.89. The van der Waals surface area contributed by atoms with E-state index in [1.165, 1.54) is 0 Å². The van der Waals surface area contributed by atoms with Gasteiger partial charge in [0.05, 0.1) is 17.7 Å². The maximum absolute atomic E-state index is 9.75. The fourth-order valence-electron chi connectivity index (χ4n) is 1.73. The molecule has 6 heteroatoms. The van der Waals surface area contributed by atoms with Crippen molar-refractivity contribution in [1.29, 1.82) is 0 Å². The van der Waals surface area contributed by atoms with Crippen LogP contribution in [0.5, 0.6) is 0 Å². The molecule has 0 amide bonds. The van der Waals surface area contributed by atoms with Gasteiger partial charge in [-0.1, -0.05) is 13.8 Å². The van der Waals surface area contributed by atoms with Crippen LogP contribution < -0.4 is 56.6 Å². The Kier molecular flexibility index (Phi) is 5.83. The molecule has 0 fully saturated rings. The first-order valence-corrected chi connectivity index (χ1v) is 5.63. The van der Waals surface area contributed by atoms with E-state index < -0.39 is 0 Å². The summed E-state index contributed by atoms with van der Waals surface area (Å²) < 4.78 is 4.30. The Balaban J connectivity index is 0.00000144. The number of aliphatic imine (C=N–C) groups is 1. The van der Waals surface area contributed by atoms with Crippen molar-refractivity contribution in [2.75, 3.05) is 0 Å². The Morgan fingerprint density at radius 2 is 2.06 bits per heavy atom. The molecule has 1 heterocycles. The van der Waals surface area contributed by atoms with Gasteiger partial charge in [0, 0.05) is 16.0 Å². The third-order valence-corrected chi connectivity index (χ3v) is 3.56. The number of fused-ring (bicyclic) bond motifs is 1. The van der Waals surface area contributed by atoms with Crippen molar-refractivity contribution in [3.63, 3.8) is 0 Å². The van der Waals surface area contributed by atoms with E-state index in [9.17, 15) is 5.26 Å². The second-order valence-electron chi connectivity index (χ2n) is 4.22. The van der Waals surface area contributed by atoms with Gasteiger partial charge < -0.3 is 5.26 Å². The van der Waals surface area contributed by atoms with E-state index in [0.29, 0.717) is 0 Å². The van der Waals surface area contributed by atoms with Gasteiger partial charge >= 0.3 is 51.4 Å². The number of hydrogen-bond donors (Lipinski definition) is 0. The van der Waals surface area contributed by atoms with Crippen molar-refractivity contribution < 1.29 is 66.0 Å². The Bertz CT molecular complexity index is 448. The molecule has 86 valence electrons. The maximum Gasteiger partial charge on any atom is 1.00 e. The molecule has 0 radical (unpaired) electrons. The Morgan fingerprint density at radius 3 is 2.71 bits per heavy atom. The molecule has 0 aliphatic carbocycles. The van der Waals surface area contributed by atoms with Crippen LogP contribution in [0.3, 0.4) is 0 Å². The Morgan fingerprint density at radius 1 is 1.35 bits per heavy atom. The molecule has 17 heavy (non-hydrogen) atoms. The summed E-state index contributed by atoms with van der Waals surface area (Å²) in [5.41, 5.74) is 3.15. The second kappa shape index (κ2) is 6.27. The van der Waals surface area contributed by atoms with Crippen molar-refractivity contribution in [3.8, 4) is 0 Å². The van der Waals surface area contributed by atoms with Gasteiger partial charge in [0.25, 0.3) is 0 Å². The molecule has 0 bridgehead atoms. The topological polar surface area (TPSA) is 53.9 Å². The summed E-state index contributed by atoms with van der Waals surface area (Å²) in [6, 6.07) is 5.74. The first kappa shape index (κ1) is 15.8. The molecule has 0 aromatic heterocycles. The SMILES string of the molecule is CC1=Nc2ccc(SOO[O-])cc2C1(C)C.[K+]. The summed E-state index contributed by atoms with van der Waals surface area (Å²) in [5.74, 6) is 0. The van der Waals surface area contributed by atoms with Crippen LogP contribution in [-0.2, 0) is 14.8 Å². The van der Waals surface area contributed by atoms with Gasteiger partial charge in [0.15, 0.2) is 0 Å². The number of nitrogens with zero attached hydrogens (tertiary/aromatic N) is 1. The number of benzene rings is 1. The van der Waals surface area contributed by atoms with Crippen LogP contribution in [0.1, 0.15) is 26.3 Å². The maximum atomic E-state index is 9.75. The zero-order valence-corrected chi connectivity index (χ0v) is 14.3. The molecule has 1 aliphatic heterocycles. The third-order valence-electron chi connectivity index (χ3n) is 2.99. The molecule has 0 unspecified atom stereocenters. The van der Waals surface area contributed by atoms with Crippen molar-refractivity contribution >= 4 is 23.4 Å². The molecule has 1 aromatic rings. The van der Waals surface area contributed by atoms with E-state index in [4.69, 9.17) is 0 Å². The minimum absolute atomic E-state index is 0. The molecule has 0 atom stereocenters. The van der Waals surface area contributed by atoms with E-state index in [2.05, 4.69) is 28.2 Å². The summed E-state index contributed by atoms with van der Waals surface area (Å²) >= 11 is 0.903. The van der Waals surface area contributed by atoms with Gasteiger partial charge in [-0.2, -0.15) is 4.33 Å². The average Bonchev–Trinajstić information content (AvgIpc) is 2.48. The van der Waals surface area contributed by atoms with E-state index >= 15 is 0 Å². The minimum atomic E-state index is -0.0653. The zero-order valence-electron chi connectivity index (χ0n) is 10.3. The molecule has 1 aromatic carbocycles. The Labute approximate surface area is 147 Å². The van der Waals surface area contributed by atoms with Gasteiger partial charge in [-0.15, -0.1) is 0 Å². The molecule has 0 spiro atoms. The van der Waals surface area contributed by atoms with Crippen molar-refractivity contribution in [3.05, 3.63) is 23.8 Å². The van der Waals surface area contributed by atoms with Gasteiger partial charge in [0.2, 0.25) is 0 Å². The molecule has 1 aliphatic rings. The summed E-state index contributed by atoms with van der Waals surface area (Å²) in [6.45, 7) is 6.26. The summed E-state index contributed by atoms with van der Waals surface area (Å²) in [4.78, 5) is 5.33. The van der Waals surface area contributed by atoms with Crippen molar-refractivity contribution in [2.45, 2.75) is 31.1 Å². The van der Waals surface area contributed by atoms with Gasteiger partial charge in [0.1, 0.15) is 0 Å². The van der Waals surface area contributed by atoms with Crippen molar-refractivity contribution in [1.82, 2.24) is 0 Å². The van der Waals surface area contributed by atoms with Crippen LogP contribution in [0.2, 0.25) is 0 Å². The van der Waals surface area contributed by atoms with Crippen LogP contribution in [0, 0.1) is 0 Å². The van der Waals surface area contributed by atoms with E-state index in [-0.39, 0.29) is 56.8 Å². The summed E-state index contributed by atoms with van der Waals surface area (Å²) in [7, 11) is 0. The third kappa shape index (κ3) is 3.20.